The highest BCUT2D eigenvalue weighted by molar-refractivity contribution is 7.99. The minimum Gasteiger partial charge on any atom is -0.480 e. The minimum absolute atomic E-state index is 0.134. The van der Waals surface area contributed by atoms with E-state index >= 15 is 0 Å². The van der Waals surface area contributed by atoms with E-state index in [1.807, 2.05) is 0 Å². The number of aliphatic carboxylic acids is 1. The number of nitrogens with one attached hydrogen (secondary N) is 1. The van der Waals surface area contributed by atoms with E-state index in [0.717, 1.165) is 32.0 Å². The molecule has 1 rings (SSSR count). The lowest BCUT2D eigenvalue weighted by Gasteiger charge is -2.33. The number of thioether (sulfide) groups is 1. The summed E-state index contributed by atoms with van der Waals surface area (Å²) in [5, 5.41) is 11.5. The van der Waals surface area contributed by atoms with E-state index in [2.05, 4.69) is 24.1 Å². The van der Waals surface area contributed by atoms with Gasteiger partial charge < -0.3 is 15.2 Å². The Kier molecular flexibility index (Phi) is 8.06. The van der Waals surface area contributed by atoms with Crippen LogP contribution in [-0.4, -0.2) is 71.8 Å². The first kappa shape index (κ1) is 18.3. The fourth-order valence-electron chi connectivity index (χ4n) is 2.30. The molecule has 0 aliphatic carbocycles. The van der Waals surface area contributed by atoms with Gasteiger partial charge >= 0.3 is 5.97 Å². The van der Waals surface area contributed by atoms with Crippen molar-refractivity contribution in [3.8, 4) is 0 Å². The van der Waals surface area contributed by atoms with Gasteiger partial charge in [-0.15, -0.1) is 0 Å². The summed E-state index contributed by atoms with van der Waals surface area (Å²) in [6.07, 6.45) is 0.134. The fraction of sp³-hybridized carbons (Fsp3) is 0.857. The lowest BCUT2D eigenvalue weighted by atomic mass is 10.2. The van der Waals surface area contributed by atoms with Crippen LogP contribution in [0.15, 0.2) is 0 Å². The highest BCUT2D eigenvalue weighted by Gasteiger charge is 2.23. The van der Waals surface area contributed by atoms with Crippen molar-refractivity contribution in [1.82, 2.24) is 10.2 Å². The van der Waals surface area contributed by atoms with Gasteiger partial charge in [0.25, 0.3) is 0 Å². The van der Waals surface area contributed by atoms with Crippen LogP contribution >= 0.6 is 11.8 Å². The normalized spacial score (nSPS) is 21.2. The number of carbonyl (C=O) groups excluding carboxylic acids is 1. The topological polar surface area (TPSA) is 78.9 Å². The number of carboxylic acid groups (broad SMARTS) is 1. The molecular weight excluding hydrogens is 292 g/mol. The van der Waals surface area contributed by atoms with Gasteiger partial charge in [-0.1, -0.05) is 13.8 Å². The van der Waals surface area contributed by atoms with Crippen LogP contribution in [0.25, 0.3) is 0 Å². The average molecular weight is 318 g/mol. The number of hydrogen-bond donors (Lipinski definition) is 2. The first-order valence-electron chi connectivity index (χ1n) is 7.30. The second kappa shape index (κ2) is 9.27. The van der Waals surface area contributed by atoms with Crippen molar-refractivity contribution in [2.75, 3.05) is 37.7 Å². The molecule has 122 valence electrons. The van der Waals surface area contributed by atoms with Crippen LogP contribution in [0.2, 0.25) is 0 Å². The molecule has 1 aliphatic rings. The summed E-state index contributed by atoms with van der Waals surface area (Å²) < 4.78 is 5.72. The van der Waals surface area contributed by atoms with E-state index in [1.54, 1.807) is 0 Å². The van der Waals surface area contributed by atoms with Crippen LogP contribution < -0.4 is 5.32 Å². The standard InChI is InChI=1S/C14H26N2O4S/c1-10(2)6-16-4-5-20-12(7-16)8-21-9-13(14(18)19)15-11(3)17/h10,12-13H,4-9H2,1-3H3,(H,15,17)(H,18,19)/t12?,13-/m0/s1. The summed E-state index contributed by atoms with van der Waals surface area (Å²) in [4.78, 5) is 24.4. The molecule has 0 bridgehead atoms. The molecule has 0 radical (unpaired) electrons. The zero-order valence-corrected chi connectivity index (χ0v) is 13.8. The number of hydrogen-bond acceptors (Lipinski definition) is 5. The van der Waals surface area contributed by atoms with Gasteiger partial charge in [-0.2, -0.15) is 11.8 Å². The van der Waals surface area contributed by atoms with Crippen LogP contribution in [0.5, 0.6) is 0 Å². The third kappa shape index (κ3) is 7.68. The molecule has 1 heterocycles. The third-order valence-corrected chi connectivity index (χ3v) is 4.29. The SMILES string of the molecule is CC(=O)N[C@@H](CSCC1CN(CC(C)C)CCO1)C(=O)O. The van der Waals surface area contributed by atoms with E-state index < -0.39 is 12.0 Å². The predicted octanol–water partition coefficient (Wildman–Crippen LogP) is 0.666. The Morgan fingerprint density at radius 1 is 1.48 bits per heavy atom. The summed E-state index contributed by atoms with van der Waals surface area (Å²) >= 11 is 1.51. The van der Waals surface area contributed by atoms with Crippen LogP contribution in [-0.2, 0) is 14.3 Å². The van der Waals surface area contributed by atoms with Crippen LogP contribution in [0.3, 0.4) is 0 Å². The van der Waals surface area contributed by atoms with Crippen LogP contribution in [0.4, 0.5) is 0 Å². The molecule has 0 saturated carbocycles. The average Bonchev–Trinajstić information content (AvgIpc) is 2.36. The maximum absolute atomic E-state index is 11.0. The quantitative estimate of drug-likeness (QED) is 0.685. The minimum atomic E-state index is -0.997. The number of amides is 1. The molecule has 2 N–H and O–H groups in total. The van der Waals surface area contributed by atoms with E-state index in [4.69, 9.17) is 9.84 Å². The molecule has 7 heteroatoms. The molecule has 0 aromatic rings. The monoisotopic (exact) mass is 318 g/mol. The van der Waals surface area contributed by atoms with Crippen LogP contribution in [0, 0.1) is 5.92 Å². The Labute approximate surface area is 130 Å². The number of carboxylic acids is 1. The zero-order valence-electron chi connectivity index (χ0n) is 13.0. The summed E-state index contributed by atoms with van der Waals surface area (Å²) in [5.74, 6) is 0.424. The van der Waals surface area contributed by atoms with Gasteiger partial charge in [-0.3, -0.25) is 9.69 Å². The van der Waals surface area contributed by atoms with Crippen molar-refractivity contribution in [1.29, 1.82) is 0 Å². The predicted molar refractivity (Wildman–Crippen MR) is 83.6 cm³/mol. The Hall–Kier alpha value is -0.790. The van der Waals surface area contributed by atoms with E-state index in [1.165, 1.54) is 18.7 Å². The van der Waals surface area contributed by atoms with Gasteiger partial charge in [0.15, 0.2) is 0 Å². The fourth-order valence-corrected chi connectivity index (χ4v) is 3.36. The number of morpholine rings is 1. The highest BCUT2D eigenvalue weighted by Crippen LogP contribution is 2.14. The highest BCUT2D eigenvalue weighted by atomic mass is 32.2. The largest absolute Gasteiger partial charge is 0.480 e. The molecule has 1 unspecified atom stereocenters. The van der Waals surface area contributed by atoms with Gasteiger partial charge in [0, 0.05) is 38.1 Å². The molecule has 0 aromatic carbocycles. The first-order valence-corrected chi connectivity index (χ1v) is 8.45. The van der Waals surface area contributed by atoms with Gasteiger partial charge in [-0.25, -0.2) is 4.79 Å². The number of ether oxygens (including phenoxy) is 1. The molecule has 0 aromatic heterocycles. The smallest absolute Gasteiger partial charge is 0.327 e. The Bertz CT molecular complexity index is 352. The van der Waals surface area contributed by atoms with Crippen molar-refractivity contribution in [2.24, 2.45) is 5.92 Å². The molecule has 6 nitrogen and oxygen atoms in total. The lowest BCUT2D eigenvalue weighted by Crippen LogP contribution is -2.45. The molecular formula is C14H26N2O4S. The van der Waals surface area contributed by atoms with Gasteiger partial charge in [0.2, 0.25) is 5.91 Å². The molecule has 2 atom stereocenters. The van der Waals surface area contributed by atoms with Crippen molar-refractivity contribution in [3.63, 3.8) is 0 Å². The van der Waals surface area contributed by atoms with Crippen molar-refractivity contribution in [3.05, 3.63) is 0 Å². The Morgan fingerprint density at radius 2 is 2.19 bits per heavy atom. The zero-order chi connectivity index (χ0) is 15.8. The lowest BCUT2D eigenvalue weighted by molar-refractivity contribution is -0.140. The second-order valence-electron chi connectivity index (χ2n) is 5.78. The van der Waals surface area contributed by atoms with Crippen molar-refractivity contribution >= 4 is 23.6 Å². The summed E-state index contributed by atoms with van der Waals surface area (Å²) in [7, 11) is 0. The Morgan fingerprint density at radius 3 is 2.76 bits per heavy atom. The molecule has 1 saturated heterocycles. The number of rotatable bonds is 8. The van der Waals surface area contributed by atoms with Crippen LogP contribution in [0.1, 0.15) is 20.8 Å². The van der Waals surface area contributed by atoms with Crippen molar-refractivity contribution < 1.29 is 19.4 Å². The third-order valence-electron chi connectivity index (χ3n) is 3.11. The van der Waals surface area contributed by atoms with Crippen molar-refractivity contribution in [2.45, 2.75) is 32.9 Å². The van der Waals surface area contributed by atoms with E-state index in [-0.39, 0.29) is 12.0 Å². The molecule has 0 spiro atoms. The molecule has 1 aliphatic heterocycles. The summed E-state index contributed by atoms with van der Waals surface area (Å²) in [5.41, 5.74) is 0. The van der Waals surface area contributed by atoms with E-state index in [0.29, 0.717) is 11.7 Å². The van der Waals surface area contributed by atoms with Gasteiger partial charge in [0.05, 0.1) is 12.7 Å². The second-order valence-corrected chi connectivity index (χ2v) is 6.85. The maximum Gasteiger partial charge on any atom is 0.327 e. The Balaban J connectivity index is 2.30. The summed E-state index contributed by atoms with van der Waals surface area (Å²) in [6.45, 7) is 9.37. The maximum atomic E-state index is 11.0. The first-order chi connectivity index (χ1) is 9.88. The summed E-state index contributed by atoms with van der Waals surface area (Å²) in [6, 6.07) is -0.831. The number of carbonyl (C=O) groups is 2. The van der Waals surface area contributed by atoms with Gasteiger partial charge in [0.1, 0.15) is 6.04 Å². The number of nitrogens with zero attached hydrogens (tertiary/aromatic N) is 1. The molecule has 21 heavy (non-hydrogen) atoms. The van der Waals surface area contributed by atoms with E-state index in [9.17, 15) is 9.59 Å². The van der Waals surface area contributed by atoms with Gasteiger partial charge in [-0.05, 0) is 5.92 Å². The molecule has 1 fully saturated rings. The molecule has 1 amide bonds.